The topological polar surface area (TPSA) is 29.5 Å². The van der Waals surface area contributed by atoms with Gasteiger partial charge >= 0.3 is 0 Å². The number of methoxy groups -OCH3 is 1. The number of hydrogen-bond donors (Lipinski definition) is 1. The summed E-state index contributed by atoms with van der Waals surface area (Å²) in [5.74, 6) is 0.855. The van der Waals surface area contributed by atoms with Crippen LogP contribution in [0.1, 0.15) is 23.1 Å². The van der Waals surface area contributed by atoms with Crippen LogP contribution in [0.4, 0.5) is 0 Å². The third kappa shape index (κ3) is 2.64. The number of ether oxygens (including phenoxy) is 1. The molecule has 1 aromatic rings. The number of benzene rings is 1. The van der Waals surface area contributed by atoms with Crippen molar-refractivity contribution in [3.8, 4) is 5.75 Å². The Hall–Kier alpha value is -0.730. The number of halogens is 1. The van der Waals surface area contributed by atoms with Crippen molar-refractivity contribution in [2.45, 2.75) is 26.7 Å². The van der Waals surface area contributed by atoms with Crippen molar-refractivity contribution >= 4 is 11.6 Å². The number of aryl methyl sites for hydroxylation is 1. The average Bonchev–Trinajstić information content (AvgIpc) is 2.21. The van der Waals surface area contributed by atoms with Crippen LogP contribution in [0.2, 0.25) is 5.02 Å². The van der Waals surface area contributed by atoms with Crippen LogP contribution >= 0.6 is 11.6 Å². The molecule has 84 valence electrons. The van der Waals surface area contributed by atoms with Gasteiger partial charge in [0, 0.05) is 17.2 Å². The average molecular weight is 229 g/mol. The molecule has 0 aliphatic heterocycles. The lowest BCUT2D eigenvalue weighted by Crippen LogP contribution is -2.00. The van der Waals surface area contributed by atoms with Crippen molar-refractivity contribution in [3.05, 3.63) is 27.8 Å². The van der Waals surface area contributed by atoms with Gasteiger partial charge in [-0.15, -0.1) is 0 Å². The van der Waals surface area contributed by atoms with Gasteiger partial charge in [-0.25, -0.2) is 0 Å². The number of aliphatic hydroxyl groups is 1. The Morgan fingerprint density at radius 2 is 2.07 bits per heavy atom. The van der Waals surface area contributed by atoms with Gasteiger partial charge in [0.15, 0.2) is 0 Å². The standard InChI is InChI=1S/C12H17ClO2/c1-8-7-11(13)9(2)12(15-3)10(8)5-4-6-14/h7,14H,4-6H2,1-3H3. The highest BCUT2D eigenvalue weighted by atomic mass is 35.5. The fourth-order valence-electron chi connectivity index (χ4n) is 1.74. The maximum atomic E-state index is 8.84. The van der Waals surface area contributed by atoms with E-state index in [0.29, 0.717) is 0 Å². The molecule has 0 heterocycles. The largest absolute Gasteiger partial charge is 0.496 e. The van der Waals surface area contributed by atoms with E-state index < -0.39 is 0 Å². The van der Waals surface area contributed by atoms with Gasteiger partial charge in [0.05, 0.1) is 7.11 Å². The van der Waals surface area contributed by atoms with Crippen LogP contribution in [0, 0.1) is 13.8 Å². The molecule has 0 aromatic heterocycles. The van der Waals surface area contributed by atoms with E-state index in [1.165, 1.54) is 0 Å². The SMILES string of the molecule is COc1c(C)c(Cl)cc(C)c1CCCO. The van der Waals surface area contributed by atoms with E-state index >= 15 is 0 Å². The lowest BCUT2D eigenvalue weighted by molar-refractivity contribution is 0.287. The highest BCUT2D eigenvalue weighted by Gasteiger charge is 2.12. The van der Waals surface area contributed by atoms with Crippen LogP contribution in [0.5, 0.6) is 5.75 Å². The molecule has 0 radical (unpaired) electrons. The van der Waals surface area contributed by atoms with Gasteiger partial charge in [-0.05, 0) is 43.9 Å². The molecular formula is C12H17ClO2. The van der Waals surface area contributed by atoms with Crippen LogP contribution in [-0.2, 0) is 6.42 Å². The second-order valence-corrected chi connectivity index (χ2v) is 4.05. The predicted molar refractivity (Wildman–Crippen MR) is 62.9 cm³/mol. The van der Waals surface area contributed by atoms with Gasteiger partial charge in [0.25, 0.3) is 0 Å². The van der Waals surface area contributed by atoms with Gasteiger partial charge in [-0.2, -0.15) is 0 Å². The molecule has 2 nitrogen and oxygen atoms in total. The molecule has 0 atom stereocenters. The Labute approximate surface area is 95.8 Å². The second kappa shape index (κ2) is 5.38. The molecule has 1 N–H and O–H groups in total. The summed E-state index contributed by atoms with van der Waals surface area (Å²) in [6, 6.07) is 1.95. The van der Waals surface area contributed by atoms with E-state index in [4.69, 9.17) is 21.4 Å². The molecule has 3 heteroatoms. The Kier molecular flexibility index (Phi) is 4.43. The minimum Gasteiger partial charge on any atom is -0.496 e. The van der Waals surface area contributed by atoms with Crippen LogP contribution in [-0.4, -0.2) is 18.8 Å². The summed E-state index contributed by atoms with van der Waals surface area (Å²) in [5, 5.41) is 9.57. The monoisotopic (exact) mass is 228 g/mol. The first-order chi connectivity index (χ1) is 7.11. The normalized spacial score (nSPS) is 10.5. The Morgan fingerprint density at radius 3 is 2.60 bits per heavy atom. The Morgan fingerprint density at radius 1 is 1.40 bits per heavy atom. The van der Waals surface area contributed by atoms with E-state index in [1.54, 1.807) is 7.11 Å². The zero-order valence-corrected chi connectivity index (χ0v) is 10.2. The highest BCUT2D eigenvalue weighted by Crippen LogP contribution is 2.33. The first-order valence-corrected chi connectivity index (χ1v) is 5.43. The van der Waals surface area contributed by atoms with Crippen molar-refractivity contribution in [1.29, 1.82) is 0 Å². The van der Waals surface area contributed by atoms with Crippen LogP contribution in [0.3, 0.4) is 0 Å². The molecule has 0 saturated carbocycles. The summed E-state index contributed by atoms with van der Waals surface area (Å²) >= 11 is 6.07. The molecular weight excluding hydrogens is 212 g/mol. The minimum atomic E-state index is 0.199. The second-order valence-electron chi connectivity index (χ2n) is 3.64. The molecule has 0 saturated heterocycles. The van der Waals surface area contributed by atoms with E-state index in [2.05, 4.69) is 0 Å². The summed E-state index contributed by atoms with van der Waals surface area (Å²) in [6.07, 6.45) is 1.57. The molecule has 0 amide bonds. The smallest absolute Gasteiger partial charge is 0.126 e. The summed E-state index contributed by atoms with van der Waals surface area (Å²) in [4.78, 5) is 0. The van der Waals surface area contributed by atoms with Crippen molar-refractivity contribution < 1.29 is 9.84 Å². The first-order valence-electron chi connectivity index (χ1n) is 5.05. The van der Waals surface area contributed by atoms with Crippen LogP contribution in [0.25, 0.3) is 0 Å². The van der Waals surface area contributed by atoms with E-state index in [-0.39, 0.29) is 6.61 Å². The van der Waals surface area contributed by atoms with Crippen molar-refractivity contribution in [2.75, 3.05) is 13.7 Å². The first kappa shape index (κ1) is 12.3. The zero-order valence-electron chi connectivity index (χ0n) is 9.43. The summed E-state index contributed by atoms with van der Waals surface area (Å²) in [6.45, 7) is 4.16. The van der Waals surface area contributed by atoms with Crippen LogP contribution in [0.15, 0.2) is 6.07 Å². The third-order valence-electron chi connectivity index (χ3n) is 2.58. The lowest BCUT2D eigenvalue weighted by Gasteiger charge is -2.15. The fraction of sp³-hybridized carbons (Fsp3) is 0.500. The van der Waals surface area contributed by atoms with Gasteiger partial charge < -0.3 is 9.84 Å². The molecule has 1 rings (SSSR count). The molecule has 1 aromatic carbocycles. The minimum absolute atomic E-state index is 0.199. The van der Waals surface area contributed by atoms with Crippen molar-refractivity contribution in [2.24, 2.45) is 0 Å². The van der Waals surface area contributed by atoms with Gasteiger partial charge in [-0.3, -0.25) is 0 Å². The molecule has 0 aliphatic carbocycles. The van der Waals surface area contributed by atoms with Gasteiger partial charge in [-0.1, -0.05) is 11.6 Å². The lowest BCUT2D eigenvalue weighted by atomic mass is 9.99. The molecule has 0 aliphatic rings. The number of rotatable bonds is 4. The quantitative estimate of drug-likeness (QED) is 0.859. The maximum Gasteiger partial charge on any atom is 0.126 e. The molecule has 0 unspecified atom stereocenters. The molecule has 0 spiro atoms. The summed E-state index contributed by atoms with van der Waals surface area (Å²) in [7, 11) is 1.65. The van der Waals surface area contributed by atoms with Gasteiger partial charge in [0.1, 0.15) is 5.75 Å². The number of hydrogen-bond acceptors (Lipinski definition) is 2. The fourth-order valence-corrected chi connectivity index (χ4v) is 1.99. The Bertz CT molecular complexity index is 348. The van der Waals surface area contributed by atoms with Crippen molar-refractivity contribution in [3.63, 3.8) is 0 Å². The summed E-state index contributed by atoms with van der Waals surface area (Å²) in [5.41, 5.74) is 3.24. The van der Waals surface area contributed by atoms with Crippen LogP contribution < -0.4 is 4.74 Å². The van der Waals surface area contributed by atoms with E-state index in [9.17, 15) is 0 Å². The van der Waals surface area contributed by atoms with Crippen molar-refractivity contribution in [1.82, 2.24) is 0 Å². The third-order valence-corrected chi connectivity index (χ3v) is 2.97. The van der Waals surface area contributed by atoms with E-state index in [1.807, 2.05) is 19.9 Å². The number of aliphatic hydroxyl groups excluding tert-OH is 1. The molecule has 0 fully saturated rings. The maximum absolute atomic E-state index is 8.84. The van der Waals surface area contributed by atoms with Gasteiger partial charge in [0.2, 0.25) is 0 Å². The zero-order chi connectivity index (χ0) is 11.4. The Balaban J connectivity index is 3.16. The van der Waals surface area contributed by atoms with E-state index in [0.717, 1.165) is 40.3 Å². The molecule has 15 heavy (non-hydrogen) atoms. The predicted octanol–water partition coefficient (Wildman–Crippen LogP) is 2.89. The molecule has 0 bridgehead atoms. The highest BCUT2D eigenvalue weighted by molar-refractivity contribution is 6.31. The summed E-state index contributed by atoms with van der Waals surface area (Å²) < 4.78 is 5.37.